The molecule has 0 N–H and O–H groups in total. The van der Waals surface area contributed by atoms with Crippen molar-refractivity contribution in [1.29, 1.82) is 10.5 Å². The Balaban J connectivity index is 1.87. The molecule has 50 heavy (non-hydrogen) atoms. The maximum absolute atomic E-state index is 10.2. The zero-order chi connectivity index (χ0) is 35.6. The van der Waals surface area contributed by atoms with Crippen LogP contribution in [0.25, 0.3) is 0 Å². The summed E-state index contributed by atoms with van der Waals surface area (Å²) in [4.78, 5) is 0. The molecule has 6 nitrogen and oxygen atoms in total. The van der Waals surface area contributed by atoms with Crippen LogP contribution in [0.1, 0.15) is 109 Å². The molecular weight excluding hydrogens is 850 g/mol. The van der Waals surface area contributed by atoms with Crippen molar-refractivity contribution in [2.24, 2.45) is 0 Å². The average molecular weight is 895 g/mol. The Morgan fingerprint density at radius 1 is 0.440 bits per heavy atom. The van der Waals surface area contributed by atoms with Gasteiger partial charge in [0.25, 0.3) is 0 Å². The van der Waals surface area contributed by atoms with E-state index in [-0.39, 0.29) is 0 Å². The van der Waals surface area contributed by atoms with E-state index in [0.717, 1.165) is 100 Å². The van der Waals surface area contributed by atoms with Gasteiger partial charge in [-0.05, 0) is 142 Å². The fraction of sp³-hybridized carbons (Fsp3) is 0.381. The summed E-state index contributed by atoms with van der Waals surface area (Å²) in [5, 5.41) is 20.5. The Bertz CT molecular complexity index is 1690. The van der Waals surface area contributed by atoms with E-state index in [1.165, 1.54) is 0 Å². The molecule has 4 aromatic rings. The highest BCUT2D eigenvalue weighted by Crippen LogP contribution is 2.41. The fourth-order valence-electron chi connectivity index (χ4n) is 6.49. The number of benzene rings is 4. The molecule has 0 atom stereocenters. The van der Waals surface area contributed by atoms with Crippen LogP contribution >= 0.6 is 45.2 Å². The van der Waals surface area contributed by atoms with Gasteiger partial charge in [0, 0.05) is 55.1 Å². The Morgan fingerprint density at radius 2 is 0.660 bits per heavy atom. The second kappa shape index (κ2) is 18.1. The molecule has 0 radical (unpaired) electrons. The predicted molar refractivity (Wildman–Crippen MR) is 215 cm³/mol. The number of nitriles is 2. The Morgan fingerprint density at radius 3 is 0.860 bits per heavy atom. The second-order valence-corrected chi connectivity index (χ2v) is 15.2. The Kier molecular flexibility index (Phi) is 13.7. The normalized spacial score (nSPS) is 12.1. The smallest absolute Gasteiger partial charge is 0.126 e. The van der Waals surface area contributed by atoms with Crippen molar-refractivity contribution in [1.82, 2.24) is 0 Å². The lowest BCUT2D eigenvalue weighted by Crippen LogP contribution is -2.11. The molecule has 8 bridgehead atoms. The molecule has 0 saturated heterocycles. The van der Waals surface area contributed by atoms with Crippen molar-refractivity contribution in [3.63, 3.8) is 0 Å². The molecule has 1 aliphatic carbocycles. The number of hydrogen-bond acceptors (Lipinski definition) is 6. The standard InChI is InChI=1S/C42H44I2N2O4/c1-5-9-47-39-29-13-27(25-45)14-30(39)18-34-22-38(44)24-36(42(34)50-12-8-4)20-32-16-28(26-46)15-31(40(32)48-10-6-2)19-35-23-37(43)21-33(17-29)41(35)49-11-7-3/h13-16,21-24H,5-12,17-20H2,1-4H3. The molecule has 260 valence electrons. The maximum Gasteiger partial charge on any atom is 0.126 e. The van der Waals surface area contributed by atoms with E-state index in [0.29, 0.717) is 63.2 Å². The van der Waals surface area contributed by atoms with Crippen molar-refractivity contribution in [3.05, 3.63) is 111 Å². The van der Waals surface area contributed by atoms with Gasteiger partial charge in [0.05, 0.1) is 49.7 Å². The zero-order valence-electron chi connectivity index (χ0n) is 29.4. The van der Waals surface area contributed by atoms with Gasteiger partial charge in [0.2, 0.25) is 0 Å². The molecule has 0 fully saturated rings. The third-order valence-electron chi connectivity index (χ3n) is 8.48. The minimum Gasteiger partial charge on any atom is -0.493 e. The second-order valence-electron chi connectivity index (χ2n) is 12.7. The summed E-state index contributed by atoms with van der Waals surface area (Å²) in [6, 6.07) is 21.4. The molecule has 5 rings (SSSR count). The minimum absolute atomic E-state index is 0.532. The van der Waals surface area contributed by atoms with E-state index in [1.54, 1.807) is 0 Å². The Hall–Kier alpha value is -3.48. The van der Waals surface area contributed by atoms with Crippen molar-refractivity contribution < 1.29 is 18.9 Å². The molecule has 8 heteroatoms. The molecule has 4 aromatic carbocycles. The number of ether oxygens (including phenoxy) is 4. The van der Waals surface area contributed by atoms with Crippen LogP contribution in [0.5, 0.6) is 23.0 Å². The first-order valence-corrected chi connectivity index (χ1v) is 19.7. The SMILES string of the molecule is CCCOc1c2cc(I)cc1Cc1cc(C#N)cc(c1OCCC)Cc1cc(I)cc(c1OCCC)Cc1cc(C#N)cc(c1OCCC)C2. The van der Waals surface area contributed by atoms with Gasteiger partial charge in [0.15, 0.2) is 0 Å². The topological polar surface area (TPSA) is 84.5 Å². The van der Waals surface area contributed by atoms with Crippen LogP contribution in [0, 0.1) is 29.8 Å². The van der Waals surface area contributed by atoms with E-state index >= 15 is 0 Å². The van der Waals surface area contributed by atoms with Crippen molar-refractivity contribution in [2.45, 2.75) is 79.1 Å². The minimum atomic E-state index is 0.532. The molecule has 0 saturated carbocycles. The van der Waals surface area contributed by atoms with Crippen LogP contribution in [0.15, 0.2) is 48.5 Å². The summed E-state index contributed by atoms with van der Waals surface area (Å²) in [6.45, 7) is 10.7. The number of rotatable bonds is 12. The van der Waals surface area contributed by atoms with Crippen molar-refractivity contribution >= 4 is 45.2 Å². The number of nitrogens with zero attached hydrogens (tertiary/aromatic N) is 2. The monoisotopic (exact) mass is 894 g/mol. The molecule has 0 unspecified atom stereocenters. The van der Waals surface area contributed by atoms with Crippen LogP contribution in [0.3, 0.4) is 0 Å². The third kappa shape index (κ3) is 9.05. The van der Waals surface area contributed by atoms with Crippen LogP contribution in [-0.2, 0) is 25.7 Å². The maximum atomic E-state index is 10.2. The summed E-state index contributed by atoms with van der Waals surface area (Å²) in [5.74, 6) is 3.32. The van der Waals surface area contributed by atoms with E-state index in [4.69, 9.17) is 18.9 Å². The van der Waals surface area contributed by atoms with Gasteiger partial charge in [-0.2, -0.15) is 10.5 Å². The summed E-state index contributed by atoms with van der Waals surface area (Å²) < 4.78 is 28.5. The van der Waals surface area contributed by atoms with Gasteiger partial charge in [-0.15, -0.1) is 0 Å². The largest absolute Gasteiger partial charge is 0.493 e. The fourth-order valence-corrected chi connectivity index (χ4v) is 7.99. The van der Waals surface area contributed by atoms with Gasteiger partial charge in [-0.3, -0.25) is 0 Å². The molecule has 1 aliphatic rings. The third-order valence-corrected chi connectivity index (χ3v) is 9.73. The summed E-state index contributed by atoms with van der Waals surface area (Å²) in [6.07, 6.45) is 5.57. The molecule has 0 spiro atoms. The number of hydrogen-bond donors (Lipinski definition) is 0. The summed E-state index contributed by atoms with van der Waals surface area (Å²) in [5.41, 5.74) is 9.15. The van der Waals surface area contributed by atoms with Gasteiger partial charge >= 0.3 is 0 Å². The van der Waals surface area contributed by atoms with Gasteiger partial charge in [-0.1, -0.05) is 27.7 Å². The molecule has 0 amide bonds. The van der Waals surface area contributed by atoms with Crippen molar-refractivity contribution in [2.75, 3.05) is 26.4 Å². The first-order chi connectivity index (χ1) is 24.3. The van der Waals surface area contributed by atoms with E-state index in [9.17, 15) is 10.5 Å². The van der Waals surface area contributed by atoms with Crippen molar-refractivity contribution in [3.8, 4) is 35.1 Å². The predicted octanol–water partition coefficient (Wildman–Crippen LogP) is 10.5. The lowest BCUT2D eigenvalue weighted by atomic mass is 9.90. The molecular formula is C42H44I2N2O4. The van der Waals surface area contributed by atoms with Crippen LogP contribution in [0.4, 0.5) is 0 Å². The van der Waals surface area contributed by atoms with Crippen LogP contribution < -0.4 is 18.9 Å². The number of fused-ring (bicyclic) bond motifs is 8. The zero-order valence-corrected chi connectivity index (χ0v) is 33.7. The summed E-state index contributed by atoms with van der Waals surface area (Å²) in [7, 11) is 0. The first-order valence-electron chi connectivity index (χ1n) is 17.6. The molecule has 0 heterocycles. The highest BCUT2D eigenvalue weighted by Gasteiger charge is 2.24. The molecule has 0 aromatic heterocycles. The highest BCUT2D eigenvalue weighted by atomic mass is 127. The van der Waals surface area contributed by atoms with Gasteiger partial charge in [-0.25, -0.2) is 0 Å². The van der Waals surface area contributed by atoms with E-state index in [1.807, 2.05) is 24.3 Å². The van der Waals surface area contributed by atoms with E-state index < -0.39 is 0 Å². The first kappa shape index (κ1) is 37.8. The molecule has 0 aliphatic heterocycles. The Labute approximate surface area is 324 Å². The van der Waals surface area contributed by atoms with Crippen LogP contribution in [-0.4, -0.2) is 26.4 Å². The summed E-state index contributed by atoms with van der Waals surface area (Å²) >= 11 is 4.76. The lowest BCUT2D eigenvalue weighted by molar-refractivity contribution is 0.304. The van der Waals surface area contributed by atoms with Crippen LogP contribution in [0.2, 0.25) is 0 Å². The number of halogens is 2. The van der Waals surface area contributed by atoms with E-state index in [2.05, 4.69) is 109 Å². The van der Waals surface area contributed by atoms with Gasteiger partial charge in [0.1, 0.15) is 23.0 Å². The quantitative estimate of drug-likeness (QED) is 0.116. The average Bonchev–Trinajstić information content (AvgIpc) is 3.09. The van der Waals surface area contributed by atoms with Gasteiger partial charge < -0.3 is 18.9 Å². The highest BCUT2D eigenvalue weighted by molar-refractivity contribution is 14.1. The lowest BCUT2D eigenvalue weighted by Gasteiger charge is -2.23.